The second-order valence-corrected chi connectivity index (χ2v) is 6.82. The summed E-state index contributed by atoms with van der Waals surface area (Å²) in [6.07, 6.45) is 4.21. The minimum absolute atomic E-state index is 0. The van der Waals surface area contributed by atoms with Crippen molar-refractivity contribution in [3.8, 4) is 5.75 Å². The third-order valence-corrected chi connectivity index (χ3v) is 4.88. The number of hydrogen-bond donors (Lipinski definition) is 1. The van der Waals surface area contributed by atoms with Gasteiger partial charge in [-0.15, -0.1) is 0 Å². The van der Waals surface area contributed by atoms with Crippen molar-refractivity contribution >= 4 is 5.97 Å². The van der Waals surface area contributed by atoms with Crippen LogP contribution in [0.4, 0.5) is 0 Å². The van der Waals surface area contributed by atoms with E-state index < -0.39 is 0 Å². The van der Waals surface area contributed by atoms with Gasteiger partial charge < -0.3 is 19.3 Å². The molecular formula is C24H46O5. The zero-order valence-corrected chi connectivity index (χ0v) is 15.4. The Morgan fingerprint density at radius 3 is 2.34 bits per heavy atom. The molecule has 1 aromatic carbocycles. The summed E-state index contributed by atoms with van der Waals surface area (Å²) < 4.78 is 16.4. The molecule has 0 aromatic heterocycles. The normalized spacial score (nSPS) is 19.8. The highest BCUT2D eigenvalue weighted by Gasteiger charge is 2.25. The van der Waals surface area contributed by atoms with Crippen LogP contribution in [0, 0.1) is 5.92 Å². The molecule has 172 valence electrons. The first-order valence-corrected chi connectivity index (χ1v) is 9.17. The average Bonchev–Trinajstić information content (AvgIpc) is 2.64. The van der Waals surface area contributed by atoms with Crippen molar-refractivity contribution in [2.24, 2.45) is 5.92 Å². The van der Waals surface area contributed by atoms with Crippen molar-refractivity contribution in [2.75, 3.05) is 13.7 Å². The van der Waals surface area contributed by atoms with Crippen LogP contribution in [0.3, 0.4) is 0 Å². The number of phenolic OH excluding ortho intramolecular Hbond substituents is 1. The van der Waals surface area contributed by atoms with Gasteiger partial charge in [-0.25, -0.2) is 0 Å². The molecule has 2 rings (SSSR count). The van der Waals surface area contributed by atoms with E-state index in [9.17, 15) is 9.90 Å². The smallest absolute Gasteiger partial charge is 0.308 e. The van der Waals surface area contributed by atoms with Gasteiger partial charge in [-0.05, 0) is 55.7 Å². The van der Waals surface area contributed by atoms with Gasteiger partial charge in [0.2, 0.25) is 0 Å². The summed E-state index contributed by atoms with van der Waals surface area (Å²) in [6, 6.07) is 7.21. The molecule has 1 N–H and O–H groups in total. The van der Waals surface area contributed by atoms with Crippen LogP contribution in [0.1, 0.15) is 87.1 Å². The van der Waals surface area contributed by atoms with Gasteiger partial charge in [-0.2, -0.15) is 0 Å². The Morgan fingerprint density at radius 1 is 1.17 bits per heavy atom. The Bertz CT molecular complexity index is 529. The van der Waals surface area contributed by atoms with Crippen LogP contribution >= 0.6 is 0 Å². The average molecular weight is 415 g/mol. The van der Waals surface area contributed by atoms with E-state index in [2.05, 4.69) is 6.92 Å². The Hall–Kier alpha value is -1.59. The number of methoxy groups -OCH3 is 1. The Labute approximate surface area is 179 Å². The molecule has 4 unspecified atom stereocenters. The van der Waals surface area contributed by atoms with Crippen molar-refractivity contribution in [1.29, 1.82) is 0 Å². The SMILES string of the molecule is C.C.C.C.CCC(CC(C)C(=O)OCC1CCCC(OC)O1)c1ccc(O)cc1. The number of ether oxygens (including phenoxy) is 3. The molecule has 0 aliphatic carbocycles. The molecule has 1 aliphatic heterocycles. The van der Waals surface area contributed by atoms with Crippen LogP contribution in [-0.4, -0.2) is 37.2 Å². The van der Waals surface area contributed by atoms with E-state index in [0.29, 0.717) is 6.61 Å². The number of hydrogen-bond acceptors (Lipinski definition) is 5. The number of phenols is 1. The second kappa shape index (κ2) is 16.2. The molecule has 5 nitrogen and oxygen atoms in total. The highest BCUT2D eigenvalue weighted by molar-refractivity contribution is 5.72. The number of carbonyl (C=O) groups excluding carboxylic acids is 1. The maximum Gasteiger partial charge on any atom is 0.308 e. The van der Waals surface area contributed by atoms with Gasteiger partial charge in [-0.1, -0.05) is 55.7 Å². The highest BCUT2D eigenvalue weighted by atomic mass is 16.7. The van der Waals surface area contributed by atoms with E-state index in [0.717, 1.165) is 37.7 Å². The first kappa shape index (κ1) is 32.1. The van der Waals surface area contributed by atoms with Crippen molar-refractivity contribution in [3.63, 3.8) is 0 Å². The first-order valence-electron chi connectivity index (χ1n) is 9.17. The Kier molecular flexibility index (Phi) is 18.0. The largest absolute Gasteiger partial charge is 0.508 e. The molecule has 1 aromatic rings. The topological polar surface area (TPSA) is 65.0 Å². The van der Waals surface area contributed by atoms with E-state index >= 15 is 0 Å². The Morgan fingerprint density at radius 2 is 1.79 bits per heavy atom. The molecule has 1 saturated heterocycles. The molecule has 29 heavy (non-hydrogen) atoms. The fourth-order valence-corrected chi connectivity index (χ4v) is 3.28. The summed E-state index contributed by atoms with van der Waals surface area (Å²) in [7, 11) is 1.63. The second-order valence-electron chi connectivity index (χ2n) is 6.82. The molecule has 0 spiro atoms. The zero-order chi connectivity index (χ0) is 18.2. The lowest BCUT2D eigenvalue weighted by atomic mass is 9.87. The number of carbonyl (C=O) groups is 1. The minimum Gasteiger partial charge on any atom is -0.508 e. The summed E-state index contributed by atoms with van der Waals surface area (Å²) in [5.41, 5.74) is 1.14. The number of esters is 1. The molecule has 0 amide bonds. The fourth-order valence-electron chi connectivity index (χ4n) is 3.28. The van der Waals surface area contributed by atoms with E-state index in [-0.39, 0.29) is 65.7 Å². The molecule has 0 bridgehead atoms. The van der Waals surface area contributed by atoms with Crippen molar-refractivity contribution in [3.05, 3.63) is 29.8 Å². The molecule has 1 heterocycles. The van der Waals surface area contributed by atoms with Gasteiger partial charge in [-0.3, -0.25) is 4.79 Å². The van der Waals surface area contributed by atoms with Gasteiger partial charge in [0, 0.05) is 7.11 Å². The van der Waals surface area contributed by atoms with Crippen LogP contribution < -0.4 is 0 Å². The summed E-state index contributed by atoms with van der Waals surface area (Å²) in [4.78, 5) is 12.3. The van der Waals surface area contributed by atoms with Gasteiger partial charge in [0.15, 0.2) is 6.29 Å². The standard InChI is InChI=1S/C20H30O5.4CH4/c1-4-15(16-8-10-17(21)11-9-16)12-14(2)20(22)24-13-18-6-5-7-19(23-3)25-18;;;;/h8-11,14-15,18-19,21H,4-7,12-13H2,1-3H3;4*1H4. The van der Waals surface area contributed by atoms with E-state index in [4.69, 9.17) is 14.2 Å². The van der Waals surface area contributed by atoms with E-state index in [1.807, 2.05) is 19.1 Å². The van der Waals surface area contributed by atoms with E-state index in [1.54, 1.807) is 19.2 Å². The Balaban J connectivity index is -0.00000169. The maximum atomic E-state index is 12.3. The third kappa shape index (κ3) is 10.1. The van der Waals surface area contributed by atoms with Crippen molar-refractivity contribution < 1.29 is 24.1 Å². The monoisotopic (exact) mass is 414 g/mol. The summed E-state index contributed by atoms with van der Waals surface area (Å²) in [6.45, 7) is 4.31. The molecule has 5 heteroatoms. The quantitative estimate of drug-likeness (QED) is 0.489. The lowest BCUT2D eigenvalue weighted by Gasteiger charge is -2.29. The molecular weight excluding hydrogens is 368 g/mol. The summed E-state index contributed by atoms with van der Waals surface area (Å²) >= 11 is 0. The predicted molar refractivity (Wildman–Crippen MR) is 122 cm³/mol. The maximum absolute atomic E-state index is 12.3. The number of rotatable bonds is 8. The molecule has 4 atom stereocenters. The van der Waals surface area contributed by atoms with Gasteiger partial charge >= 0.3 is 5.97 Å². The predicted octanol–water partition coefficient (Wildman–Crippen LogP) is 6.54. The molecule has 1 fully saturated rings. The first-order chi connectivity index (χ1) is 12.0. The molecule has 0 radical (unpaired) electrons. The van der Waals surface area contributed by atoms with Crippen LogP contribution in [0.2, 0.25) is 0 Å². The van der Waals surface area contributed by atoms with Crippen molar-refractivity contribution in [2.45, 2.75) is 94.0 Å². The van der Waals surface area contributed by atoms with Crippen LogP contribution in [0.5, 0.6) is 5.75 Å². The number of benzene rings is 1. The van der Waals surface area contributed by atoms with Crippen LogP contribution in [0.15, 0.2) is 24.3 Å². The number of aromatic hydroxyl groups is 1. The van der Waals surface area contributed by atoms with Crippen molar-refractivity contribution in [1.82, 2.24) is 0 Å². The van der Waals surface area contributed by atoms with Crippen LogP contribution in [0.25, 0.3) is 0 Å². The summed E-state index contributed by atoms with van der Waals surface area (Å²) in [5.74, 6) is 0.167. The van der Waals surface area contributed by atoms with Gasteiger partial charge in [0.05, 0.1) is 12.0 Å². The molecule has 0 saturated carbocycles. The van der Waals surface area contributed by atoms with Gasteiger partial charge in [0.25, 0.3) is 0 Å². The van der Waals surface area contributed by atoms with Gasteiger partial charge in [0.1, 0.15) is 12.4 Å². The highest BCUT2D eigenvalue weighted by Crippen LogP contribution is 2.29. The lowest BCUT2D eigenvalue weighted by Crippen LogP contribution is -2.33. The van der Waals surface area contributed by atoms with E-state index in [1.165, 1.54) is 0 Å². The molecule has 1 aliphatic rings. The lowest BCUT2D eigenvalue weighted by molar-refractivity contribution is -0.196. The third-order valence-electron chi connectivity index (χ3n) is 4.88. The minimum atomic E-state index is -0.186. The van der Waals surface area contributed by atoms with Crippen LogP contribution in [-0.2, 0) is 19.0 Å². The summed E-state index contributed by atoms with van der Waals surface area (Å²) in [5, 5.41) is 9.42. The fraction of sp³-hybridized carbons (Fsp3) is 0.708. The zero-order valence-electron chi connectivity index (χ0n) is 15.4.